The van der Waals surface area contributed by atoms with Crippen molar-refractivity contribution in [1.29, 1.82) is 0 Å². The summed E-state index contributed by atoms with van der Waals surface area (Å²) in [4.78, 5) is 15.1. The first kappa shape index (κ1) is 19.1. The van der Waals surface area contributed by atoms with Crippen molar-refractivity contribution in [3.05, 3.63) is 58.6 Å². The minimum Gasteiger partial charge on any atom is -0.306 e. The van der Waals surface area contributed by atoms with Gasteiger partial charge in [-0.1, -0.05) is 24.3 Å². The van der Waals surface area contributed by atoms with Crippen LogP contribution in [0.25, 0.3) is 0 Å². The van der Waals surface area contributed by atoms with Crippen LogP contribution in [-0.4, -0.2) is 39.2 Å². The highest BCUT2D eigenvalue weighted by Crippen LogP contribution is 2.26. The molecule has 0 amide bonds. The maximum absolute atomic E-state index is 12.7. The van der Waals surface area contributed by atoms with Gasteiger partial charge in [-0.3, -0.25) is 9.52 Å². The monoisotopic (exact) mass is 436 g/mol. The van der Waals surface area contributed by atoms with E-state index in [2.05, 4.69) is 32.6 Å². The van der Waals surface area contributed by atoms with Crippen LogP contribution in [0.15, 0.2) is 57.9 Å². The molecule has 0 aromatic heterocycles. The molecule has 0 bridgehead atoms. The summed E-state index contributed by atoms with van der Waals surface area (Å²) in [5.74, 6) is 0.0846. The van der Waals surface area contributed by atoms with Crippen molar-refractivity contribution in [2.24, 2.45) is 5.92 Å². The standard InChI is InChI=1S/C19H21BrN2O3S/c1-22-11-9-14(10-12-22)19(23)15-5-4-6-16(13-15)21-26(24,25)18-8-3-2-7-17(18)20/h2-8,13-14,21H,9-12H2,1H3. The maximum atomic E-state index is 12.7. The van der Waals surface area contributed by atoms with Crippen LogP contribution < -0.4 is 4.72 Å². The minimum atomic E-state index is -3.73. The largest absolute Gasteiger partial charge is 0.306 e. The Labute approximate surface area is 162 Å². The third-order valence-corrected chi connectivity index (χ3v) is 7.01. The quantitative estimate of drug-likeness (QED) is 0.724. The average molecular weight is 437 g/mol. The average Bonchev–Trinajstić information content (AvgIpc) is 2.62. The first-order valence-electron chi connectivity index (χ1n) is 8.47. The molecule has 1 aliphatic heterocycles. The highest BCUT2D eigenvalue weighted by Gasteiger charge is 2.25. The maximum Gasteiger partial charge on any atom is 0.263 e. The Morgan fingerprint density at radius 1 is 1.12 bits per heavy atom. The number of benzene rings is 2. The summed E-state index contributed by atoms with van der Waals surface area (Å²) in [7, 11) is -1.68. The normalized spacial score (nSPS) is 16.4. The van der Waals surface area contributed by atoms with Gasteiger partial charge in [0.05, 0.1) is 0 Å². The van der Waals surface area contributed by atoms with Gasteiger partial charge in [0.2, 0.25) is 0 Å². The molecule has 0 spiro atoms. The second-order valence-electron chi connectivity index (χ2n) is 6.56. The van der Waals surface area contributed by atoms with E-state index in [-0.39, 0.29) is 16.6 Å². The molecular formula is C19H21BrN2O3S. The van der Waals surface area contributed by atoms with Crippen LogP contribution in [0.5, 0.6) is 0 Å². The number of hydrogen-bond donors (Lipinski definition) is 1. The molecule has 1 N–H and O–H groups in total. The molecule has 1 saturated heterocycles. The lowest BCUT2D eigenvalue weighted by atomic mass is 9.89. The van der Waals surface area contributed by atoms with E-state index in [0.29, 0.717) is 15.7 Å². The van der Waals surface area contributed by atoms with E-state index in [1.165, 1.54) is 6.07 Å². The van der Waals surface area contributed by atoms with Crippen LogP contribution in [0.1, 0.15) is 23.2 Å². The van der Waals surface area contributed by atoms with Gasteiger partial charge >= 0.3 is 0 Å². The molecule has 0 atom stereocenters. The summed E-state index contributed by atoms with van der Waals surface area (Å²) < 4.78 is 28.3. The van der Waals surface area contributed by atoms with E-state index in [9.17, 15) is 13.2 Å². The van der Waals surface area contributed by atoms with E-state index in [0.717, 1.165) is 25.9 Å². The van der Waals surface area contributed by atoms with Crippen LogP contribution in [0, 0.1) is 5.92 Å². The zero-order valence-corrected chi connectivity index (χ0v) is 16.9. The number of piperidine rings is 1. The molecule has 7 heteroatoms. The molecule has 1 heterocycles. The van der Waals surface area contributed by atoms with Crippen LogP contribution >= 0.6 is 15.9 Å². The SMILES string of the molecule is CN1CCC(C(=O)c2cccc(NS(=O)(=O)c3ccccc3Br)c2)CC1. The van der Waals surface area contributed by atoms with Gasteiger partial charge < -0.3 is 4.90 Å². The van der Waals surface area contributed by atoms with Crippen molar-refractivity contribution in [2.45, 2.75) is 17.7 Å². The van der Waals surface area contributed by atoms with Gasteiger partial charge in [0.1, 0.15) is 4.90 Å². The van der Waals surface area contributed by atoms with Gasteiger partial charge in [0, 0.05) is 21.6 Å². The molecule has 0 saturated carbocycles. The molecular weight excluding hydrogens is 416 g/mol. The number of hydrogen-bond acceptors (Lipinski definition) is 4. The number of anilines is 1. The zero-order chi connectivity index (χ0) is 18.7. The fourth-order valence-electron chi connectivity index (χ4n) is 3.12. The Bertz CT molecular complexity index is 907. The van der Waals surface area contributed by atoms with Crippen LogP contribution in [0.3, 0.4) is 0 Å². The molecule has 1 aliphatic rings. The molecule has 26 heavy (non-hydrogen) atoms. The van der Waals surface area contributed by atoms with E-state index in [1.807, 2.05) is 0 Å². The Hall–Kier alpha value is -1.70. The second kappa shape index (κ2) is 7.90. The van der Waals surface area contributed by atoms with Gasteiger partial charge in [-0.25, -0.2) is 8.42 Å². The fourth-order valence-corrected chi connectivity index (χ4v) is 5.17. The zero-order valence-electron chi connectivity index (χ0n) is 14.5. The van der Waals surface area contributed by atoms with E-state index in [1.54, 1.807) is 42.5 Å². The minimum absolute atomic E-state index is 0.00123. The van der Waals surface area contributed by atoms with E-state index in [4.69, 9.17) is 0 Å². The second-order valence-corrected chi connectivity index (χ2v) is 9.06. The number of nitrogens with one attached hydrogen (secondary N) is 1. The van der Waals surface area contributed by atoms with Gasteiger partial charge in [0.25, 0.3) is 10.0 Å². The number of halogens is 1. The Morgan fingerprint density at radius 3 is 2.50 bits per heavy atom. The van der Waals surface area contributed by atoms with Gasteiger partial charge in [-0.15, -0.1) is 0 Å². The van der Waals surface area contributed by atoms with Gasteiger partial charge in [0.15, 0.2) is 5.78 Å². The number of sulfonamides is 1. The molecule has 138 valence electrons. The van der Waals surface area contributed by atoms with Crippen LogP contribution in [-0.2, 0) is 10.0 Å². The molecule has 0 unspecified atom stereocenters. The summed E-state index contributed by atoms with van der Waals surface area (Å²) in [6.07, 6.45) is 1.67. The number of nitrogens with zero attached hydrogens (tertiary/aromatic N) is 1. The predicted octanol–water partition coefficient (Wildman–Crippen LogP) is 3.77. The topological polar surface area (TPSA) is 66.5 Å². The van der Waals surface area contributed by atoms with E-state index >= 15 is 0 Å². The number of carbonyl (C=O) groups excluding carboxylic acids is 1. The lowest BCUT2D eigenvalue weighted by Crippen LogP contribution is -2.33. The molecule has 0 aliphatic carbocycles. The molecule has 5 nitrogen and oxygen atoms in total. The van der Waals surface area contributed by atoms with Crippen molar-refractivity contribution in [3.63, 3.8) is 0 Å². The van der Waals surface area contributed by atoms with Crippen LogP contribution in [0.2, 0.25) is 0 Å². The highest BCUT2D eigenvalue weighted by molar-refractivity contribution is 9.10. The predicted molar refractivity (Wildman–Crippen MR) is 106 cm³/mol. The number of likely N-dealkylation sites (tertiary alicyclic amines) is 1. The summed E-state index contributed by atoms with van der Waals surface area (Å²) in [5.41, 5.74) is 0.936. The smallest absolute Gasteiger partial charge is 0.263 e. The molecule has 1 fully saturated rings. The molecule has 2 aromatic carbocycles. The van der Waals surface area contributed by atoms with Crippen molar-refractivity contribution in [2.75, 3.05) is 24.9 Å². The summed E-state index contributed by atoms with van der Waals surface area (Å²) >= 11 is 3.26. The van der Waals surface area contributed by atoms with Gasteiger partial charge in [-0.2, -0.15) is 0 Å². The lowest BCUT2D eigenvalue weighted by Gasteiger charge is -2.28. The third-order valence-electron chi connectivity index (χ3n) is 4.61. The van der Waals surface area contributed by atoms with Crippen molar-refractivity contribution < 1.29 is 13.2 Å². The molecule has 2 aromatic rings. The molecule has 3 rings (SSSR count). The van der Waals surface area contributed by atoms with Crippen molar-refractivity contribution in [1.82, 2.24) is 4.90 Å². The van der Waals surface area contributed by atoms with Crippen molar-refractivity contribution >= 4 is 37.4 Å². The summed E-state index contributed by atoms with van der Waals surface area (Å²) in [5, 5.41) is 0. The fraction of sp³-hybridized carbons (Fsp3) is 0.316. The third kappa shape index (κ3) is 4.34. The Morgan fingerprint density at radius 2 is 1.81 bits per heavy atom. The summed E-state index contributed by atoms with van der Waals surface area (Å²) in [6, 6.07) is 13.4. The first-order chi connectivity index (χ1) is 12.4. The first-order valence-corrected chi connectivity index (χ1v) is 10.7. The Balaban J connectivity index is 1.79. The molecule has 0 radical (unpaired) electrons. The van der Waals surface area contributed by atoms with Crippen molar-refractivity contribution in [3.8, 4) is 0 Å². The number of carbonyl (C=O) groups is 1. The van der Waals surface area contributed by atoms with Gasteiger partial charge in [-0.05, 0) is 73.2 Å². The number of Topliss-reactive ketones (excluding diaryl/α,β-unsaturated/α-hetero) is 1. The Kier molecular flexibility index (Phi) is 5.79. The highest BCUT2D eigenvalue weighted by atomic mass is 79.9. The lowest BCUT2D eigenvalue weighted by molar-refractivity contribution is 0.0857. The number of ketones is 1. The summed E-state index contributed by atoms with van der Waals surface area (Å²) in [6.45, 7) is 1.82. The number of rotatable bonds is 5. The van der Waals surface area contributed by atoms with Crippen LogP contribution in [0.4, 0.5) is 5.69 Å². The van der Waals surface area contributed by atoms with E-state index < -0.39 is 10.0 Å².